The van der Waals surface area contributed by atoms with Crippen LogP contribution in [0.4, 0.5) is 4.79 Å². The van der Waals surface area contributed by atoms with E-state index in [0.717, 1.165) is 11.3 Å². The van der Waals surface area contributed by atoms with Gasteiger partial charge in [0, 0.05) is 26.2 Å². The predicted octanol–water partition coefficient (Wildman–Crippen LogP) is 1.28. The molecule has 2 amide bonds. The van der Waals surface area contributed by atoms with Gasteiger partial charge in [-0.1, -0.05) is 12.1 Å². The molecule has 3 rings (SSSR count). The third-order valence-corrected chi connectivity index (χ3v) is 4.19. The lowest BCUT2D eigenvalue weighted by Gasteiger charge is -2.35. The lowest BCUT2D eigenvalue weighted by molar-refractivity contribution is -0.132. The molecule has 0 aliphatic carbocycles. The summed E-state index contributed by atoms with van der Waals surface area (Å²) in [5.74, 6) is 0.0500. The molecular formula is C18H24N6O3. The Hall–Kier alpha value is -2.97. The third kappa shape index (κ3) is 5.02. The van der Waals surface area contributed by atoms with Gasteiger partial charge in [0.15, 0.2) is 0 Å². The van der Waals surface area contributed by atoms with Crippen LogP contribution >= 0.6 is 0 Å². The normalized spacial score (nSPS) is 14.9. The molecule has 1 fully saturated rings. The zero-order valence-electron chi connectivity index (χ0n) is 15.8. The van der Waals surface area contributed by atoms with Crippen molar-refractivity contribution < 1.29 is 14.3 Å². The molecule has 9 nitrogen and oxygen atoms in total. The first-order valence-electron chi connectivity index (χ1n) is 8.90. The van der Waals surface area contributed by atoms with Crippen molar-refractivity contribution in [3.8, 4) is 5.69 Å². The van der Waals surface area contributed by atoms with Gasteiger partial charge in [-0.3, -0.25) is 4.79 Å². The average molecular weight is 372 g/mol. The number of hydrogen-bond acceptors (Lipinski definition) is 6. The van der Waals surface area contributed by atoms with Gasteiger partial charge in [-0.05, 0) is 48.9 Å². The van der Waals surface area contributed by atoms with Crippen molar-refractivity contribution in [3.05, 3.63) is 36.2 Å². The minimum absolute atomic E-state index is 0.0500. The highest BCUT2D eigenvalue weighted by Crippen LogP contribution is 2.13. The summed E-state index contributed by atoms with van der Waals surface area (Å²) in [5, 5.41) is 11.0. The largest absolute Gasteiger partial charge is 0.444 e. The maximum absolute atomic E-state index is 12.5. The Kier molecular flexibility index (Phi) is 5.38. The lowest BCUT2D eigenvalue weighted by atomic mass is 10.1. The molecule has 2 heterocycles. The number of aromatic nitrogens is 4. The van der Waals surface area contributed by atoms with Crippen molar-refractivity contribution in [2.45, 2.75) is 32.8 Å². The molecule has 1 saturated heterocycles. The molecule has 144 valence electrons. The number of hydrogen-bond donors (Lipinski definition) is 0. The van der Waals surface area contributed by atoms with Crippen LogP contribution in [0.2, 0.25) is 0 Å². The van der Waals surface area contributed by atoms with E-state index in [1.165, 1.54) is 6.33 Å². The van der Waals surface area contributed by atoms with Crippen LogP contribution in [0.5, 0.6) is 0 Å². The van der Waals surface area contributed by atoms with E-state index in [0.29, 0.717) is 32.6 Å². The van der Waals surface area contributed by atoms with Crippen LogP contribution < -0.4 is 0 Å². The number of piperazine rings is 1. The first kappa shape index (κ1) is 18.8. The van der Waals surface area contributed by atoms with Gasteiger partial charge >= 0.3 is 6.09 Å². The second kappa shape index (κ2) is 7.73. The van der Waals surface area contributed by atoms with Crippen LogP contribution in [0.3, 0.4) is 0 Å². The molecule has 27 heavy (non-hydrogen) atoms. The van der Waals surface area contributed by atoms with Crippen molar-refractivity contribution >= 4 is 12.0 Å². The number of nitrogens with zero attached hydrogens (tertiary/aromatic N) is 6. The van der Waals surface area contributed by atoms with Crippen LogP contribution in [0.25, 0.3) is 5.69 Å². The Morgan fingerprint density at radius 2 is 1.67 bits per heavy atom. The predicted molar refractivity (Wildman–Crippen MR) is 97.2 cm³/mol. The first-order chi connectivity index (χ1) is 12.8. The van der Waals surface area contributed by atoms with Gasteiger partial charge in [0.1, 0.15) is 11.9 Å². The van der Waals surface area contributed by atoms with Crippen LogP contribution in [0, 0.1) is 0 Å². The minimum Gasteiger partial charge on any atom is -0.444 e. The summed E-state index contributed by atoms with van der Waals surface area (Å²) in [5.41, 5.74) is 1.24. The zero-order chi connectivity index (χ0) is 19.4. The highest BCUT2D eigenvalue weighted by molar-refractivity contribution is 5.79. The molecule has 0 radical (unpaired) electrons. The molecule has 0 bridgehead atoms. The fourth-order valence-corrected chi connectivity index (χ4v) is 2.80. The summed E-state index contributed by atoms with van der Waals surface area (Å²) in [4.78, 5) is 28.1. The van der Waals surface area contributed by atoms with E-state index >= 15 is 0 Å². The van der Waals surface area contributed by atoms with E-state index in [9.17, 15) is 9.59 Å². The van der Waals surface area contributed by atoms with Gasteiger partial charge in [0.2, 0.25) is 5.91 Å². The molecule has 0 spiro atoms. The minimum atomic E-state index is -0.515. The van der Waals surface area contributed by atoms with E-state index in [4.69, 9.17) is 4.74 Å². The summed E-state index contributed by atoms with van der Waals surface area (Å²) < 4.78 is 6.93. The molecule has 1 aromatic carbocycles. The number of carbonyl (C=O) groups is 2. The fraction of sp³-hybridized carbons (Fsp3) is 0.500. The zero-order valence-corrected chi connectivity index (χ0v) is 15.8. The topological polar surface area (TPSA) is 93.5 Å². The standard InChI is InChI=1S/C18H24N6O3/c1-18(2,3)27-17(26)23-10-8-22(9-11-23)16(25)12-14-4-6-15(7-5-14)24-13-19-20-21-24/h4-7,13H,8-12H2,1-3H3. The van der Waals surface area contributed by atoms with Gasteiger partial charge in [-0.2, -0.15) is 0 Å². The van der Waals surface area contributed by atoms with E-state index < -0.39 is 5.60 Å². The summed E-state index contributed by atoms with van der Waals surface area (Å²) in [6, 6.07) is 7.54. The summed E-state index contributed by atoms with van der Waals surface area (Å²) >= 11 is 0. The van der Waals surface area contributed by atoms with Gasteiger partial charge in [0.05, 0.1) is 12.1 Å². The molecule has 0 N–H and O–H groups in total. The third-order valence-electron chi connectivity index (χ3n) is 4.19. The Morgan fingerprint density at radius 3 is 2.22 bits per heavy atom. The molecule has 0 unspecified atom stereocenters. The molecule has 0 atom stereocenters. The number of benzene rings is 1. The van der Waals surface area contributed by atoms with E-state index in [2.05, 4.69) is 15.5 Å². The summed E-state index contributed by atoms with van der Waals surface area (Å²) in [7, 11) is 0. The Morgan fingerprint density at radius 1 is 1.04 bits per heavy atom. The number of tetrazole rings is 1. The first-order valence-corrected chi connectivity index (χ1v) is 8.90. The van der Waals surface area contributed by atoms with Crippen LogP contribution in [0.15, 0.2) is 30.6 Å². The molecule has 1 aliphatic rings. The highest BCUT2D eigenvalue weighted by atomic mass is 16.6. The molecule has 9 heteroatoms. The van der Waals surface area contributed by atoms with E-state index in [1.54, 1.807) is 14.5 Å². The van der Waals surface area contributed by atoms with Gasteiger partial charge in [-0.15, -0.1) is 5.10 Å². The Bertz CT molecular complexity index is 774. The maximum Gasteiger partial charge on any atom is 0.410 e. The van der Waals surface area contributed by atoms with Crippen LogP contribution in [-0.2, 0) is 16.0 Å². The van der Waals surface area contributed by atoms with Crippen molar-refractivity contribution in [2.75, 3.05) is 26.2 Å². The number of rotatable bonds is 3. The Labute approximate surface area is 157 Å². The molecule has 1 aliphatic heterocycles. The highest BCUT2D eigenvalue weighted by Gasteiger charge is 2.27. The number of ether oxygens (including phenoxy) is 1. The monoisotopic (exact) mass is 372 g/mol. The molecular weight excluding hydrogens is 348 g/mol. The molecule has 1 aromatic heterocycles. The maximum atomic E-state index is 12.5. The lowest BCUT2D eigenvalue weighted by Crippen LogP contribution is -2.51. The molecule has 2 aromatic rings. The summed E-state index contributed by atoms with van der Waals surface area (Å²) in [6.07, 6.45) is 1.51. The molecule has 0 saturated carbocycles. The quantitative estimate of drug-likeness (QED) is 0.806. The van der Waals surface area contributed by atoms with Crippen molar-refractivity contribution in [2.24, 2.45) is 0 Å². The van der Waals surface area contributed by atoms with Gasteiger partial charge in [-0.25, -0.2) is 9.48 Å². The smallest absolute Gasteiger partial charge is 0.410 e. The fourth-order valence-electron chi connectivity index (χ4n) is 2.80. The van der Waals surface area contributed by atoms with Gasteiger partial charge in [0.25, 0.3) is 0 Å². The van der Waals surface area contributed by atoms with Crippen molar-refractivity contribution in [1.29, 1.82) is 0 Å². The van der Waals surface area contributed by atoms with E-state index in [-0.39, 0.29) is 12.0 Å². The van der Waals surface area contributed by atoms with Crippen LogP contribution in [-0.4, -0.2) is 73.8 Å². The van der Waals surface area contributed by atoms with Gasteiger partial charge < -0.3 is 14.5 Å². The SMILES string of the molecule is CC(C)(C)OC(=O)N1CCN(C(=O)Cc2ccc(-n3cnnn3)cc2)CC1. The van der Waals surface area contributed by atoms with Crippen molar-refractivity contribution in [1.82, 2.24) is 30.0 Å². The number of amides is 2. The van der Waals surface area contributed by atoms with Crippen molar-refractivity contribution in [3.63, 3.8) is 0 Å². The van der Waals surface area contributed by atoms with Crippen LogP contribution in [0.1, 0.15) is 26.3 Å². The second-order valence-electron chi connectivity index (χ2n) is 7.45. The Balaban J connectivity index is 1.50. The second-order valence-corrected chi connectivity index (χ2v) is 7.45. The average Bonchev–Trinajstić information content (AvgIpc) is 3.16. The summed E-state index contributed by atoms with van der Waals surface area (Å²) in [6.45, 7) is 7.53. The number of carbonyl (C=O) groups excluding carboxylic acids is 2. The van der Waals surface area contributed by atoms with E-state index in [1.807, 2.05) is 45.0 Å².